The molecule has 1 aliphatic heterocycles. The van der Waals surface area contributed by atoms with Gasteiger partial charge < -0.3 is 19.9 Å². The molecule has 1 aliphatic rings. The lowest BCUT2D eigenvalue weighted by atomic mass is 10.1. The van der Waals surface area contributed by atoms with Crippen LogP contribution in [0.25, 0.3) is 0 Å². The van der Waals surface area contributed by atoms with E-state index in [2.05, 4.69) is 10.2 Å². The van der Waals surface area contributed by atoms with Crippen LogP contribution in [-0.2, 0) is 0 Å². The molecule has 0 aliphatic carbocycles. The van der Waals surface area contributed by atoms with Gasteiger partial charge in [0.25, 0.3) is 11.8 Å². The van der Waals surface area contributed by atoms with Crippen molar-refractivity contribution >= 4 is 34.8 Å². The van der Waals surface area contributed by atoms with Gasteiger partial charge in [-0.3, -0.25) is 9.59 Å². The van der Waals surface area contributed by atoms with Gasteiger partial charge in [-0.1, -0.05) is 29.8 Å². The number of hydrogen-bond acceptors (Lipinski definition) is 4. The summed E-state index contributed by atoms with van der Waals surface area (Å²) in [6.45, 7) is 5.12. The van der Waals surface area contributed by atoms with Crippen molar-refractivity contribution < 1.29 is 14.3 Å². The SMILES string of the molecule is CCOc1ccc(C(=O)Nc2ccc(N3CCN(C(=O)c4ccccc4)CC3)c(Cl)c2)cc1. The van der Waals surface area contributed by atoms with Crippen LogP contribution in [0.5, 0.6) is 5.75 Å². The average molecular weight is 464 g/mol. The van der Waals surface area contributed by atoms with Gasteiger partial charge in [-0.15, -0.1) is 0 Å². The van der Waals surface area contributed by atoms with E-state index >= 15 is 0 Å². The van der Waals surface area contributed by atoms with E-state index in [0.717, 1.165) is 11.4 Å². The van der Waals surface area contributed by atoms with E-state index in [0.29, 0.717) is 54.6 Å². The number of carbonyl (C=O) groups is 2. The Balaban J connectivity index is 1.36. The van der Waals surface area contributed by atoms with Crippen molar-refractivity contribution in [2.45, 2.75) is 6.92 Å². The highest BCUT2D eigenvalue weighted by molar-refractivity contribution is 6.33. The summed E-state index contributed by atoms with van der Waals surface area (Å²) in [4.78, 5) is 29.2. The second-order valence-corrected chi connectivity index (χ2v) is 8.13. The first-order chi connectivity index (χ1) is 16.0. The first-order valence-electron chi connectivity index (χ1n) is 11.0. The number of nitrogens with one attached hydrogen (secondary N) is 1. The number of rotatable bonds is 6. The third-order valence-electron chi connectivity index (χ3n) is 5.56. The highest BCUT2D eigenvalue weighted by Gasteiger charge is 2.23. The molecule has 4 rings (SSSR count). The lowest BCUT2D eigenvalue weighted by molar-refractivity contribution is 0.0746. The summed E-state index contributed by atoms with van der Waals surface area (Å²) in [6.07, 6.45) is 0. The van der Waals surface area contributed by atoms with Crippen LogP contribution in [0.2, 0.25) is 5.02 Å². The smallest absolute Gasteiger partial charge is 0.255 e. The summed E-state index contributed by atoms with van der Waals surface area (Å²) in [5.74, 6) is 0.565. The fraction of sp³-hybridized carbons (Fsp3) is 0.231. The predicted molar refractivity (Wildman–Crippen MR) is 132 cm³/mol. The van der Waals surface area contributed by atoms with Gasteiger partial charge in [-0.2, -0.15) is 0 Å². The third-order valence-corrected chi connectivity index (χ3v) is 5.86. The van der Waals surface area contributed by atoms with E-state index < -0.39 is 0 Å². The van der Waals surface area contributed by atoms with E-state index in [4.69, 9.17) is 16.3 Å². The van der Waals surface area contributed by atoms with Crippen molar-refractivity contribution in [3.05, 3.63) is 88.9 Å². The number of amides is 2. The van der Waals surface area contributed by atoms with Crippen LogP contribution in [0, 0.1) is 0 Å². The molecule has 3 aromatic carbocycles. The molecule has 0 unspecified atom stereocenters. The number of piperazine rings is 1. The Morgan fingerprint density at radius 3 is 2.24 bits per heavy atom. The second-order valence-electron chi connectivity index (χ2n) is 7.72. The van der Waals surface area contributed by atoms with Crippen LogP contribution in [-0.4, -0.2) is 49.5 Å². The first-order valence-corrected chi connectivity index (χ1v) is 11.4. The molecule has 0 spiro atoms. The lowest BCUT2D eigenvalue weighted by Gasteiger charge is -2.36. The summed E-state index contributed by atoms with van der Waals surface area (Å²) < 4.78 is 5.41. The molecule has 1 N–H and O–H groups in total. The van der Waals surface area contributed by atoms with E-state index in [-0.39, 0.29) is 11.8 Å². The van der Waals surface area contributed by atoms with Crippen LogP contribution in [0.15, 0.2) is 72.8 Å². The van der Waals surface area contributed by atoms with Crippen molar-refractivity contribution in [1.82, 2.24) is 4.90 Å². The fourth-order valence-electron chi connectivity index (χ4n) is 3.83. The van der Waals surface area contributed by atoms with Crippen LogP contribution in [0.1, 0.15) is 27.6 Å². The van der Waals surface area contributed by atoms with Crippen molar-refractivity contribution in [3.63, 3.8) is 0 Å². The van der Waals surface area contributed by atoms with Crippen molar-refractivity contribution in [3.8, 4) is 5.75 Å². The third kappa shape index (κ3) is 5.46. The molecule has 0 radical (unpaired) electrons. The van der Waals surface area contributed by atoms with Crippen molar-refractivity contribution in [2.24, 2.45) is 0 Å². The standard InChI is InChI=1S/C26H26ClN3O3/c1-2-33-22-11-8-19(9-12-22)25(31)28-21-10-13-24(23(27)18-21)29-14-16-30(17-15-29)26(32)20-6-4-3-5-7-20/h3-13,18H,2,14-17H2,1H3,(H,28,31). The average Bonchev–Trinajstić information content (AvgIpc) is 2.85. The lowest BCUT2D eigenvalue weighted by Crippen LogP contribution is -2.48. The van der Waals surface area contributed by atoms with Gasteiger partial charge >= 0.3 is 0 Å². The molecule has 7 heteroatoms. The summed E-state index contributed by atoms with van der Waals surface area (Å²) in [5.41, 5.74) is 2.76. The maximum absolute atomic E-state index is 12.7. The van der Waals surface area contributed by atoms with Gasteiger partial charge in [0.2, 0.25) is 0 Å². The van der Waals surface area contributed by atoms with Gasteiger partial charge in [0.05, 0.1) is 17.3 Å². The molecule has 33 heavy (non-hydrogen) atoms. The Morgan fingerprint density at radius 2 is 1.61 bits per heavy atom. The molecule has 1 saturated heterocycles. The van der Waals surface area contributed by atoms with Crippen LogP contribution in [0.4, 0.5) is 11.4 Å². The van der Waals surface area contributed by atoms with E-state index in [1.54, 1.807) is 30.3 Å². The largest absolute Gasteiger partial charge is 0.494 e. The minimum Gasteiger partial charge on any atom is -0.494 e. The highest BCUT2D eigenvalue weighted by atomic mass is 35.5. The van der Waals surface area contributed by atoms with Crippen LogP contribution >= 0.6 is 11.6 Å². The normalized spacial score (nSPS) is 13.5. The zero-order valence-electron chi connectivity index (χ0n) is 18.5. The Kier molecular flexibility index (Phi) is 7.15. The zero-order chi connectivity index (χ0) is 23.2. The number of anilines is 2. The Labute approximate surface area is 198 Å². The number of ether oxygens (including phenoxy) is 1. The Bertz CT molecular complexity index is 1110. The Morgan fingerprint density at radius 1 is 0.909 bits per heavy atom. The van der Waals surface area contributed by atoms with Crippen LogP contribution < -0.4 is 15.0 Å². The molecule has 2 amide bonds. The maximum atomic E-state index is 12.7. The molecule has 6 nitrogen and oxygen atoms in total. The quantitative estimate of drug-likeness (QED) is 0.561. The first kappa shape index (κ1) is 22.7. The molecular weight excluding hydrogens is 438 g/mol. The predicted octanol–water partition coefficient (Wildman–Crippen LogP) is 4.95. The number of nitrogens with zero attached hydrogens (tertiary/aromatic N) is 2. The minimum atomic E-state index is -0.213. The number of halogens is 1. The van der Waals surface area contributed by atoms with Gasteiger partial charge in [0.15, 0.2) is 0 Å². The molecule has 3 aromatic rings. The highest BCUT2D eigenvalue weighted by Crippen LogP contribution is 2.30. The number of hydrogen-bond donors (Lipinski definition) is 1. The minimum absolute atomic E-state index is 0.0497. The molecule has 170 valence electrons. The maximum Gasteiger partial charge on any atom is 0.255 e. The topological polar surface area (TPSA) is 61.9 Å². The summed E-state index contributed by atoms with van der Waals surface area (Å²) in [7, 11) is 0. The van der Waals surface area contributed by atoms with E-state index in [1.807, 2.05) is 54.3 Å². The Hall–Kier alpha value is -3.51. The van der Waals surface area contributed by atoms with Crippen molar-refractivity contribution in [1.29, 1.82) is 0 Å². The molecule has 0 bridgehead atoms. The second kappa shape index (κ2) is 10.4. The summed E-state index contributed by atoms with van der Waals surface area (Å²) in [5, 5.41) is 3.44. The zero-order valence-corrected chi connectivity index (χ0v) is 19.2. The molecule has 0 saturated carbocycles. The van der Waals surface area contributed by atoms with Crippen LogP contribution in [0.3, 0.4) is 0 Å². The summed E-state index contributed by atoms with van der Waals surface area (Å²) in [6, 6.07) is 21.8. The van der Waals surface area contributed by atoms with E-state index in [1.165, 1.54) is 0 Å². The number of carbonyl (C=O) groups excluding carboxylic acids is 2. The summed E-state index contributed by atoms with van der Waals surface area (Å²) >= 11 is 6.55. The number of benzene rings is 3. The molecule has 0 atom stereocenters. The van der Waals surface area contributed by atoms with Gasteiger partial charge in [-0.05, 0) is 61.5 Å². The van der Waals surface area contributed by atoms with Gasteiger partial charge in [0, 0.05) is 43.0 Å². The molecule has 0 aromatic heterocycles. The van der Waals surface area contributed by atoms with Gasteiger partial charge in [0.1, 0.15) is 5.75 Å². The monoisotopic (exact) mass is 463 g/mol. The molecular formula is C26H26ClN3O3. The van der Waals surface area contributed by atoms with E-state index in [9.17, 15) is 9.59 Å². The van der Waals surface area contributed by atoms with Crippen molar-refractivity contribution in [2.75, 3.05) is 43.0 Å². The molecule has 1 fully saturated rings. The fourth-order valence-corrected chi connectivity index (χ4v) is 4.13. The molecule has 1 heterocycles. The van der Waals surface area contributed by atoms with Gasteiger partial charge in [-0.25, -0.2) is 0 Å².